The Kier molecular flexibility index (Phi) is 4.68. The summed E-state index contributed by atoms with van der Waals surface area (Å²) in [4.78, 5) is 4.93. The van der Waals surface area contributed by atoms with Gasteiger partial charge in [-0.05, 0) is 24.3 Å². The van der Waals surface area contributed by atoms with Crippen molar-refractivity contribution in [2.24, 2.45) is 0 Å². The van der Waals surface area contributed by atoms with Crippen LogP contribution in [0, 0.1) is 0 Å². The molecule has 5 rings (SSSR count). The van der Waals surface area contributed by atoms with Crippen LogP contribution in [0.3, 0.4) is 0 Å². The van der Waals surface area contributed by atoms with Crippen molar-refractivity contribution in [3.05, 3.63) is 66.7 Å². The Morgan fingerprint density at radius 1 is 0.968 bits per heavy atom. The van der Waals surface area contributed by atoms with Crippen LogP contribution in [-0.4, -0.2) is 26.8 Å². The van der Waals surface area contributed by atoms with Crippen molar-refractivity contribution in [2.45, 2.75) is 0 Å². The molecule has 3 aromatic carbocycles. The van der Waals surface area contributed by atoms with E-state index in [9.17, 15) is 8.42 Å². The van der Waals surface area contributed by atoms with E-state index in [1.54, 1.807) is 36.6 Å². The minimum absolute atomic E-state index is 0.441. The second-order valence-corrected chi connectivity index (χ2v) is 9.99. The van der Waals surface area contributed by atoms with Gasteiger partial charge < -0.3 is 10.1 Å². The Balaban J connectivity index is 1.71. The lowest BCUT2D eigenvalue weighted by atomic mass is 10.1. The van der Waals surface area contributed by atoms with Crippen molar-refractivity contribution >= 4 is 69.6 Å². The monoisotopic (exact) mass is 449 g/mol. The van der Waals surface area contributed by atoms with Crippen LogP contribution in [0.4, 0.5) is 17.1 Å². The van der Waals surface area contributed by atoms with E-state index in [-0.39, 0.29) is 0 Å². The molecule has 2 heterocycles. The minimum atomic E-state index is -3.38. The molecule has 0 saturated heterocycles. The second kappa shape index (κ2) is 7.40. The number of pyridine rings is 1. The Bertz CT molecular complexity index is 1560. The van der Waals surface area contributed by atoms with Crippen LogP contribution in [0.1, 0.15) is 0 Å². The second-order valence-electron chi connectivity index (χ2n) is 7.19. The lowest BCUT2D eigenvalue weighted by molar-refractivity contribution is 0.417. The molecule has 2 aromatic heterocycles. The maximum absolute atomic E-state index is 11.6. The van der Waals surface area contributed by atoms with E-state index in [1.807, 2.05) is 36.4 Å². The third-order valence-electron chi connectivity index (χ3n) is 4.97. The number of fused-ring (bicyclic) bond motifs is 4. The van der Waals surface area contributed by atoms with Crippen molar-refractivity contribution in [2.75, 3.05) is 23.4 Å². The zero-order chi connectivity index (χ0) is 21.6. The Labute approximate surface area is 183 Å². The summed E-state index contributed by atoms with van der Waals surface area (Å²) in [6.07, 6.45) is 1.12. The fraction of sp³-hybridized carbons (Fsp3) is 0.0870. The molecular weight excluding hydrogens is 430 g/mol. The first-order valence-corrected chi connectivity index (χ1v) is 12.3. The Hall–Kier alpha value is -3.36. The first-order valence-electron chi connectivity index (χ1n) is 9.56. The molecule has 156 valence electrons. The number of thiophene rings is 1. The number of anilines is 3. The van der Waals surface area contributed by atoms with Gasteiger partial charge in [-0.25, -0.2) is 13.4 Å². The molecule has 0 spiro atoms. The van der Waals surface area contributed by atoms with Gasteiger partial charge in [-0.15, -0.1) is 11.3 Å². The largest absolute Gasteiger partial charge is 0.494 e. The van der Waals surface area contributed by atoms with Crippen LogP contribution in [0.2, 0.25) is 0 Å². The fourth-order valence-electron chi connectivity index (χ4n) is 3.67. The molecular formula is C23H19N3O3S2. The lowest BCUT2D eigenvalue weighted by Gasteiger charge is -2.15. The van der Waals surface area contributed by atoms with E-state index in [2.05, 4.69) is 22.2 Å². The third kappa shape index (κ3) is 3.64. The zero-order valence-corrected chi connectivity index (χ0v) is 18.5. The Morgan fingerprint density at radius 3 is 2.48 bits per heavy atom. The molecule has 0 saturated carbocycles. The standard InChI is InChI=1S/C23H19N3O3S2/c1-29-19-13-14(26-31(2,27)28)11-12-18(19)25-21-15-7-3-5-9-17(15)24-22-16-8-4-6-10-20(16)30-23(21)22/h3-13,26H,1-2H3,(H,24,25). The summed E-state index contributed by atoms with van der Waals surface area (Å²) < 4.78 is 33.4. The van der Waals surface area contributed by atoms with Crippen LogP contribution < -0.4 is 14.8 Å². The van der Waals surface area contributed by atoms with E-state index in [0.29, 0.717) is 11.4 Å². The van der Waals surface area contributed by atoms with Gasteiger partial charge in [0.1, 0.15) is 5.75 Å². The number of benzene rings is 3. The van der Waals surface area contributed by atoms with Gasteiger partial charge in [0.15, 0.2) is 0 Å². The van der Waals surface area contributed by atoms with Gasteiger partial charge in [0.2, 0.25) is 10.0 Å². The van der Waals surface area contributed by atoms with Gasteiger partial charge in [0.05, 0.1) is 46.2 Å². The quantitative estimate of drug-likeness (QED) is 0.358. The number of methoxy groups -OCH3 is 1. The van der Waals surface area contributed by atoms with E-state index in [1.165, 1.54) is 4.70 Å². The van der Waals surface area contributed by atoms with Crippen LogP contribution in [0.25, 0.3) is 31.2 Å². The summed E-state index contributed by atoms with van der Waals surface area (Å²) >= 11 is 1.69. The molecule has 0 unspecified atom stereocenters. The first kappa shape index (κ1) is 19.6. The zero-order valence-electron chi connectivity index (χ0n) is 16.8. The van der Waals surface area contributed by atoms with E-state index >= 15 is 0 Å². The summed E-state index contributed by atoms with van der Waals surface area (Å²) in [6, 6.07) is 21.4. The number of hydrogen-bond acceptors (Lipinski definition) is 6. The first-order chi connectivity index (χ1) is 14.9. The molecule has 0 radical (unpaired) electrons. The predicted octanol–water partition coefficient (Wildman–Crippen LogP) is 5.73. The average molecular weight is 450 g/mol. The van der Waals surface area contributed by atoms with Gasteiger partial charge in [0.25, 0.3) is 0 Å². The highest BCUT2D eigenvalue weighted by atomic mass is 32.2. The third-order valence-corrected chi connectivity index (χ3v) is 6.75. The average Bonchev–Trinajstić information content (AvgIpc) is 3.12. The van der Waals surface area contributed by atoms with Gasteiger partial charge >= 0.3 is 0 Å². The lowest BCUT2D eigenvalue weighted by Crippen LogP contribution is -2.09. The van der Waals surface area contributed by atoms with Crippen LogP contribution >= 0.6 is 11.3 Å². The molecule has 0 aliphatic carbocycles. The van der Waals surface area contributed by atoms with Crippen LogP contribution in [-0.2, 0) is 10.0 Å². The predicted molar refractivity (Wildman–Crippen MR) is 129 cm³/mol. The number of aromatic nitrogens is 1. The highest BCUT2D eigenvalue weighted by molar-refractivity contribution is 7.92. The summed E-state index contributed by atoms with van der Waals surface area (Å²) in [6.45, 7) is 0. The minimum Gasteiger partial charge on any atom is -0.494 e. The number of para-hydroxylation sites is 1. The molecule has 0 atom stereocenters. The number of rotatable bonds is 5. The van der Waals surface area contributed by atoms with Crippen molar-refractivity contribution in [1.29, 1.82) is 0 Å². The highest BCUT2D eigenvalue weighted by Crippen LogP contribution is 2.43. The molecule has 6 nitrogen and oxygen atoms in total. The maximum atomic E-state index is 11.6. The topological polar surface area (TPSA) is 80.3 Å². The van der Waals surface area contributed by atoms with Crippen molar-refractivity contribution in [3.8, 4) is 5.75 Å². The molecule has 0 fully saturated rings. The van der Waals surface area contributed by atoms with Gasteiger partial charge in [-0.2, -0.15) is 0 Å². The van der Waals surface area contributed by atoms with E-state index < -0.39 is 10.0 Å². The Morgan fingerprint density at radius 2 is 1.71 bits per heavy atom. The normalized spacial score (nSPS) is 11.8. The summed E-state index contributed by atoms with van der Waals surface area (Å²) in [5.41, 5.74) is 3.98. The van der Waals surface area contributed by atoms with Gasteiger partial charge in [0, 0.05) is 21.5 Å². The molecule has 8 heteroatoms. The summed E-state index contributed by atoms with van der Waals surface area (Å²) in [5, 5.41) is 5.65. The molecule has 0 aliphatic rings. The number of ether oxygens (including phenoxy) is 1. The van der Waals surface area contributed by atoms with Crippen LogP contribution in [0.5, 0.6) is 5.75 Å². The molecule has 0 aliphatic heterocycles. The highest BCUT2D eigenvalue weighted by Gasteiger charge is 2.16. The van der Waals surface area contributed by atoms with Crippen molar-refractivity contribution < 1.29 is 13.2 Å². The van der Waals surface area contributed by atoms with Crippen molar-refractivity contribution in [3.63, 3.8) is 0 Å². The number of nitrogens with zero attached hydrogens (tertiary/aromatic N) is 1. The molecule has 5 aromatic rings. The molecule has 31 heavy (non-hydrogen) atoms. The number of nitrogens with one attached hydrogen (secondary N) is 2. The summed E-state index contributed by atoms with van der Waals surface area (Å²) in [5.74, 6) is 0.531. The fourth-order valence-corrected chi connectivity index (χ4v) is 5.38. The smallest absolute Gasteiger partial charge is 0.229 e. The van der Waals surface area contributed by atoms with Gasteiger partial charge in [-0.1, -0.05) is 36.4 Å². The molecule has 0 amide bonds. The number of sulfonamides is 1. The van der Waals surface area contributed by atoms with Gasteiger partial charge in [-0.3, -0.25) is 4.72 Å². The molecule has 2 N–H and O–H groups in total. The van der Waals surface area contributed by atoms with E-state index in [0.717, 1.165) is 44.1 Å². The maximum Gasteiger partial charge on any atom is 0.229 e. The number of hydrogen-bond donors (Lipinski definition) is 2. The molecule has 0 bridgehead atoms. The van der Waals surface area contributed by atoms with Crippen LogP contribution in [0.15, 0.2) is 66.7 Å². The SMILES string of the molecule is COc1cc(NS(C)(=O)=O)ccc1Nc1c2ccccc2nc2c1sc1ccccc12. The van der Waals surface area contributed by atoms with E-state index in [4.69, 9.17) is 9.72 Å². The van der Waals surface area contributed by atoms with Crippen molar-refractivity contribution in [1.82, 2.24) is 4.98 Å². The summed E-state index contributed by atoms with van der Waals surface area (Å²) in [7, 11) is -1.82.